The van der Waals surface area contributed by atoms with Crippen molar-refractivity contribution in [3.63, 3.8) is 0 Å². The van der Waals surface area contributed by atoms with Gasteiger partial charge < -0.3 is 5.73 Å². The Bertz CT molecular complexity index is 482. The molecule has 0 aliphatic carbocycles. The Morgan fingerprint density at radius 2 is 2.11 bits per heavy atom. The van der Waals surface area contributed by atoms with Gasteiger partial charge in [-0.15, -0.1) is 0 Å². The summed E-state index contributed by atoms with van der Waals surface area (Å²) < 4.78 is 13.0. The molecule has 0 radical (unpaired) electrons. The SMILES string of the molecule is NC(=O)C1CCN(Cc2ccc(F)cc2C=O)CC1. The molecular weight excluding hydrogens is 247 g/mol. The molecule has 1 saturated heterocycles. The Kier molecular flexibility index (Phi) is 4.27. The van der Waals surface area contributed by atoms with Crippen molar-refractivity contribution in [1.29, 1.82) is 0 Å². The molecule has 1 aliphatic rings. The summed E-state index contributed by atoms with van der Waals surface area (Å²) in [6.07, 6.45) is 2.16. The van der Waals surface area contributed by atoms with Crippen LogP contribution in [0.25, 0.3) is 0 Å². The monoisotopic (exact) mass is 264 g/mol. The van der Waals surface area contributed by atoms with E-state index in [4.69, 9.17) is 5.73 Å². The average Bonchev–Trinajstić information content (AvgIpc) is 2.41. The van der Waals surface area contributed by atoms with E-state index in [0.29, 0.717) is 18.4 Å². The van der Waals surface area contributed by atoms with Crippen molar-refractivity contribution in [2.75, 3.05) is 13.1 Å². The third kappa shape index (κ3) is 3.38. The maximum atomic E-state index is 13.0. The van der Waals surface area contributed by atoms with Crippen LogP contribution < -0.4 is 5.73 Å². The minimum atomic E-state index is -0.404. The summed E-state index contributed by atoms with van der Waals surface area (Å²) in [6, 6.07) is 4.25. The van der Waals surface area contributed by atoms with Gasteiger partial charge in [0.05, 0.1) is 0 Å². The van der Waals surface area contributed by atoms with Crippen LogP contribution in [0.4, 0.5) is 4.39 Å². The molecule has 0 bridgehead atoms. The Morgan fingerprint density at radius 1 is 1.42 bits per heavy atom. The predicted molar refractivity (Wildman–Crippen MR) is 69.0 cm³/mol. The lowest BCUT2D eigenvalue weighted by Crippen LogP contribution is -2.38. The molecule has 1 aromatic rings. The fourth-order valence-electron chi connectivity index (χ4n) is 2.44. The molecule has 0 saturated carbocycles. The molecule has 4 nitrogen and oxygen atoms in total. The van der Waals surface area contributed by atoms with E-state index in [0.717, 1.165) is 31.5 Å². The number of primary amides is 1. The fraction of sp³-hybridized carbons (Fsp3) is 0.429. The van der Waals surface area contributed by atoms with Gasteiger partial charge in [-0.1, -0.05) is 6.07 Å². The second-order valence-electron chi connectivity index (χ2n) is 4.91. The number of hydrogen-bond acceptors (Lipinski definition) is 3. The summed E-state index contributed by atoms with van der Waals surface area (Å²) in [5.74, 6) is -0.691. The second kappa shape index (κ2) is 5.93. The predicted octanol–water partition coefficient (Wildman–Crippen LogP) is 1.34. The van der Waals surface area contributed by atoms with E-state index in [2.05, 4.69) is 4.90 Å². The summed E-state index contributed by atoms with van der Waals surface area (Å²) in [5, 5.41) is 0. The van der Waals surface area contributed by atoms with Crippen LogP contribution in [0, 0.1) is 11.7 Å². The molecule has 0 spiro atoms. The molecule has 19 heavy (non-hydrogen) atoms. The van der Waals surface area contributed by atoms with Gasteiger partial charge >= 0.3 is 0 Å². The van der Waals surface area contributed by atoms with Crippen molar-refractivity contribution >= 4 is 12.2 Å². The van der Waals surface area contributed by atoms with Crippen LogP contribution in [-0.4, -0.2) is 30.2 Å². The van der Waals surface area contributed by atoms with Gasteiger partial charge in [-0.25, -0.2) is 4.39 Å². The van der Waals surface area contributed by atoms with E-state index in [1.165, 1.54) is 12.1 Å². The summed E-state index contributed by atoms with van der Waals surface area (Å²) in [7, 11) is 0. The average molecular weight is 264 g/mol. The number of aldehydes is 1. The fourth-order valence-corrected chi connectivity index (χ4v) is 2.44. The highest BCUT2D eigenvalue weighted by molar-refractivity contribution is 5.77. The molecule has 1 amide bonds. The van der Waals surface area contributed by atoms with Gasteiger partial charge in [0.2, 0.25) is 5.91 Å². The van der Waals surface area contributed by atoms with Crippen LogP contribution in [-0.2, 0) is 11.3 Å². The molecule has 2 rings (SSSR count). The summed E-state index contributed by atoms with van der Waals surface area (Å²) in [6.45, 7) is 2.13. The maximum Gasteiger partial charge on any atom is 0.220 e. The van der Waals surface area contributed by atoms with Crippen molar-refractivity contribution in [2.24, 2.45) is 11.7 Å². The number of benzene rings is 1. The van der Waals surface area contributed by atoms with Crippen molar-refractivity contribution in [1.82, 2.24) is 4.90 Å². The molecule has 1 aromatic carbocycles. The van der Waals surface area contributed by atoms with Crippen LogP contribution >= 0.6 is 0 Å². The van der Waals surface area contributed by atoms with Crippen LogP contribution in [0.1, 0.15) is 28.8 Å². The Labute approximate surface area is 111 Å². The topological polar surface area (TPSA) is 63.4 Å². The van der Waals surface area contributed by atoms with Crippen molar-refractivity contribution in [3.05, 3.63) is 35.1 Å². The Hall–Kier alpha value is -1.75. The molecule has 1 aliphatic heterocycles. The van der Waals surface area contributed by atoms with E-state index in [9.17, 15) is 14.0 Å². The quantitative estimate of drug-likeness (QED) is 0.835. The lowest BCUT2D eigenvalue weighted by atomic mass is 9.95. The highest BCUT2D eigenvalue weighted by Crippen LogP contribution is 2.20. The zero-order valence-corrected chi connectivity index (χ0v) is 10.6. The smallest absolute Gasteiger partial charge is 0.220 e. The lowest BCUT2D eigenvalue weighted by molar-refractivity contribution is -0.123. The summed E-state index contributed by atoms with van der Waals surface area (Å²) in [4.78, 5) is 24.1. The highest BCUT2D eigenvalue weighted by atomic mass is 19.1. The van der Waals surface area contributed by atoms with E-state index in [1.54, 1.807) is 6.07 Å². The third-order valence-electron chi connectivity index (χ3n) is 3.62. The van der Waals surface area contributed by atoms with Gasteiger partial charge in [0.1, 0.15) is 12.1 Å². The Balaban J connectivity index is 1.99. The highest BCUT2D eigenvalue weighted by Gasteiger charge is 2.23. The van der Waals surface area contributed by atoms with Gasteiger partial charge in [-0.3, -0.25) is 14.5 Å². The standard InChI is InChI=1S/C14H17FN2O2/c15-13-2-1-11(12(7-13)9-18)8-17-5-3-10(4-6-17)14(16)19/h1-2,7,9-10H,3-6,8H2,(H2,16,19). The normalized spacial score (nSPS) is 17.3. The van der Waals surface area contributed by atoms with Crippen molar-refractivity contribution < 1.29 is 14.0 Å². The molecule has 5 heteroatoms. The molecule has 0 aromatic heterocycles. The molecule has 0 unspecified atom stereocenters. The van der Waals surface area contributed by atoms with Crippen LogP contribution in [0.3, 0.4) is 0 Å². The minimum absolute atomic E-state index is 0.0463. The number of halogens is 1. The van der Waals surface area contributed by atoms with Gasteiger partial charge in [0.15, 0.2) is 0 Å². The number of amides is 1. The molecular formula is C14H17FN2O2. The Morgan fingerprint density at radius 3 is 2.68 bits per heavy atom. The molecule has 102 valence electrons. The summed E-state index contributed by atoms with van der Waals surface area (Å²) >= 11 is 0. The number of rotatable bonds is 4. The van der Waals surface area contributed by atoms with Gasteiger partial charge in [-0.2, -0.15) is 0 Å². The van der Waals surface area contributed by atoms with Crippen LogP contribution in [0.2, 0.25) is 0 Å². The second-order valence-corrected chi connectivity index (χ2v) is 4.91. The van der Waals surface area contributed by atoms with Crippen molar-refractivity contribution in [2.45, 2.75) is 19.4 Å². The van der Waals surface area contributed by atoms with Gasteiger partial charge in [-0.05, 0) is 43.6 Å². The number of piperidine rings is 1. The maximum absolute atomic E-state index is 13.0. The van der Waals surface area contributed by atoms with E-state index in [1.807, 2.05) is 0 Å². The molecule has 1 fully saturated rings. The number of nitrogens with zero attached hydrogens (tertiary/aromatic N) is 1. The molecule has 0 atom stereocenters. The number of likely N-dealkylation sites (tertiary alicyclic amines) is 1. The first kappa shape index (κ1) is 13.7. The number of hydrogen-bond donors (Lipinski definition) is 1. The van der Waals surface area contributed by atoms with Crippen LogP contribution in [0.5, 0.6) is 0 Å². The summed E-state index contributed by atoms with van der Waals surface area (Å²) in [5.41, 5.74) is 6.48. The number of nitrogens with two attached hydrogens (primary N) is 1. The first-order chi connectivity index (χ1) is 9.10. The number of carbonyl (C=O) groups excluding carboxylic acids is 2. The molecule has 1 heterocycles. The zero-order valence-electron chi connectivity index (χ0n) is 10.6. The zero-order chi connectivity index (χ0) is 13.8. The largest absolute Gasteiger partial charge is 0.369 e. The molecule has 2 N–H and O–H groups in total. The van der Waals surface area contributed by atoms with Gasteiger partial charge in [0.25, 0.3) is 0 Å². The van der Waals surface area contributed by atoms with E-state index < -0.39 is 5.82 Å². The first-order valence-electron chi connectivity index (χ1n) is 6.35. The first-order valence-corrected chi connectivity index (χ1v) is 6.35. The minimum Gasteiger partial charge on any atom is -0.369 e. The van der Waals surface area contributed by atoms with E-state index >= 15 is 0 Å². The number of carbonyl (C=O) groups is 2. The van der Waals surface area contributed by atoms with Crippen molar-refractivity contribution in [3.8, 4) is 0 Å². The lowest BCUT2D eigenvalue weighted by Gasteiger charge is -2.30. The van der Waals surface area contributed by atoms with Crippen LogP contribution in [0.15, 0.2) is 18.2 Å². The van der Waals surface area contributed by atoms with Gasteiger partial charge in [0, 0.05) is 18.0 Å². The van der Waals surface area contributed by atoms with E-state index in [-0.39, 0.29) is 11.8 Å². The third-order valence-corrected chi connectivity index (χ3v) is 3.62.